The Morgan fingerprint density at radius 1 is 1.16 bits per heavy atom. The molecule has 0 heterocycles. The number of benzene rings is 2. The maximum atomic E-state index is 11.3. The third kappa shape index (κ3) is 3.00. The molecule has 1 N–H and O–H groups in total. The molecule has 0 aliphatic heterocycles. The second-order valence-electron chi connectivity index (χ2n) is 3.85. The summed E-state index contributed by atoms with van der Waals surface area (Å²) in [6.07, 6.45) is 0. The predicted octanol–water partition coefficient (Wildman–Crippen LogP) is 3.00. The zero-order chi connectivity index (χ0) is 14.0. The van der Waals surface area contributed by atoms with Gasteiger partial charge in [0.25, 0.3) is 9.05 Å². The molecule has 6 heteroatoms. The smallest absolute Gasteiger partial charge is 0.261 e. The van der Waals surface area contributed by atoms with E-state index in [0.717, 1.165) is 5.56 Å². The molecule has 0 unspecified atom stereocenters. The molecule has 0 aromatic heterocycles. The number of phenolic OH excluding ortho intramolecular Hbond substituents is 1. The van der Waals surface area contributed by atoms with E-state index in [4.69, 9.17) is 15.4 Å². The summed E-state index contributed by atoms with van der Waals surface area (Å²) in [5, 5.41) is 9.46. The number of hydrogen-bond acceptors (Lipinski definition) is 4. The molecule has 19 heavy (non-hydrogen) atoms. The number of rotatable bonds is 3. The topological polar surface area (TPSA) is 63.6 Å². The van der Waals surface area contributed by atoms with Crippen molar-refractivity contribution in [2.24, 2.45) is 0 Å². The molecule has 0 radical (unpaired) electrons. The SMILES string of the molecule is COc1cc(S(=O)(=O)Cl)ccc1-c1cccc(O)c1. The van der Waals surface area contributed by atoms with E-state index < -0.39 is 9.05 Å². The second kappa shape index (κ2) is 5.11. The highest BCUT2D eigenvalue weighted by Gasteiger charge is 2.14. The molecule has 100 valence electrons. The van der Waals surface area contributed by atoms with Crippen LogP contribution in [-0.4, -0.2) is 20.6 Å². The molecule has 0 spiro atoms. The first-order valence-electron chi connectivity index (χ1n) is 5.34. The molecule has 0 saturated heterocycles. The van der Waals surface area contributed by atoms with Crippen molar-refractivity contribution in [2.75, 3.05) is 7.11 Å². The molecule has 2 aromatic rings. The minimum atomic E-state index is -3.80. The van der Waals surface area contributed by atoms with Crippen LogP contribution in [0.1, 0.15) is 0 Å². The largest absolute Gasteiger partial charge is 0.508 e. The van der Waals surface area contributed by atoms with Crippen molar-refractivity contribution >= 4 is 19.7 Å². The molecule has 0 saturated carbocycles. The minimum Gasteiger partial charge on any atom is -0.508 e. The van der Waals surface area contributed by atoms with Crippen molar-refractivity contribution in [1.82, 2.24) is 0 Å². The number of aromatic hydroxyl groups is 1. The number of methoxy groups -OCH3 is 1. The van der Waals surface area contributed by atoms with Crippen molar-refractivity contribution in [3.63, 3.8) is 0 Å². The van der Waals surface area contributed by atoms with Gasteiger partial charge in [-0.05, 0) is 29.8 Å². The molecule has 0 aliphatic rings. The lowest BCUT2D eigenvalue weighted by Crippen LogP contribution is -1.94. The summed E-state index contributed by atoms with van der Waals surface area (Å²) in [6, 6.07) is 10.9. The fraction of sp³-hybridized carbons (Fsp3) is 0.0769. The molecule has 0 bridgehead atoms. The van der Waals surface area contributed by atoms with Gasteiger partial charge in [-0.25, -0.2) is 8.42 Å². The third-order valence-corrected chi connectivity index (χ3v) is 3.96. The van der Waals surface area contributed by atoms with Gasteiger partial charge < -0.3 is 9.84 Å². The van der Waals surface area contributed by atoms with E-state index in [-0.39, 0.29) is 10.6 Å². The summed E-state index contributed by atoms with van der Waals surface area (Å²) in [5.74, 6) is 0.487. The van der Waals surface area contributed by atoms with Crippen LogP contribution in [0.4, 0.5) is 0 Å². The Hall–Kier alpha value is -1.72. The normalized spacial score (nSPS) is 11.3. The van der Waals surface area contributed by atoms with Crippen molar-refractivity contribution in [3.8, 4) is 22.6 Å². The van der Waals surface area contributed by atoms with Gasteiger partial charge >= 0.3 is 0 Å². The monoisotopic (exact) mass is 298 g/mol. The van der Waals surface area contributed by atoms with Gasteiger partial charge in [0.2, 0.25) is 0 Å². The van der Waals surface area contributed by atoms with E-state index in [9.17, 15) is 13.5 Å². The molecule has 2 rings (SSSR count). The van der Waals surface area contributed by atoms with Crippen LogP contribution < -0.4 is 4.74 Å². The number of halogens is 1. The maximum Gasteiger partial charge on any atom is 0.261 e. The molecule has 0 aliphatic carbocycles. The zero-order valence-electron chi connectivity index (χ0n) is 10.00. The van der Waals surface area contributed by atoms with Crippen molar-refractivity contribution in [1.29, 1.82) is 0 Å². The van der Waals surface area contributed by atoms with Crippen LogP contribution in [0.25, 0.3) is 11.1 Å². The summed E-state index contributed by atoms with van der Waals surface area (Å²) in [6.45, 7) is 0. The first-order valence-corrected chi connectivity index (χ1v) is 7.65. The first-order chi connectivity index (χ1) is 8.91. The highest BCUT2D eigenvalue weighted by atomic mass is 35.7. The Morgan fingerprint density at radius 2 is 1.89 bits per heavy atom. The Labute approximate surface area is 115 Å². The minimum absolute atomic E-state index is 0.0325. The second-order valence-corrected chi connectivity index (χ2v) is 6.42. The van der Waals surface area contributed by atoms with Gasteiger partial charge in [-0.3, -0.25) is 0 Å². The summed E-state index contributed by atoms with van der Waals surface area (Å²) in [5.41, 5.74) is 1.39. The summed E-state index contributed by atoms with van der Waals surface area (Å²) < 4.78 is 27.7. The van der Waals surface area contributed by atoms with Gasteiger partial charge in [0.05, 0.1) is 12.0 Å². The lowest BCUT2D eigenvalue weighted by atomic mass is 10.0. The Bertz CT molecular complexity index is 710. The Morgan fingerprint density at radius 3 is 2.47 bits per heavy atom. The van der Waals surface area contributed by atoms with Crippen LogP contribution in [-0.2, 0) is 9.05 Å². The van der Waals surface area contributed by atoms with Crippen LogP contribution in [0.2, 0.25) is 0 Å². The van der Waals surface area contributed by atoms with E-state index in [1.54, 1.807) is 30.3 Å². The average molecular weight is 299 g/mol. The van der Waals surface area contributed by atoms with Crippen LogP contribution in [0, 0.1) is 0 Å². The lowest BCUT2D eigenvalue weighted by Gasteiger charge is -2.10. The maximum absolute atomic E-state index is 11.3. The zero-order valence-corrected chi connectivity index (χ0v) is 11.6. The summed E-state index contributed by atoms with van der Waals surface area (Å²) in [4.78, 5) is -0.0325. The molecule has 0 fully saturated rings. The van der Waals surface area contributed by atoms with Crippen molar-refractivity contribution in [2.45, 2.75) is 4.90 Å². The van der Waals surface area contributed by atoms with E-state index in [1.807, 2.05) is 0 Å². The summed E-state index contributed by atoms with van der Waals surface area (Å²) in [7, 11) is 2.92. The van der Waals surface area contributed by atoms with Crippen LogP contribution in [0.5, 0.6) is 11.5 Å². The Kier molecular flexibility index (Phi) is 3.68. The van der Waals surface area contributed by atoms with Gasteiger partial charge in [-0.15, -0.1) is 0 Å². The quantitative estimate of drug-likeness (QED) is 0.885. The van der Waals surface area contributed by atoms with Crippen molar-refractivity contribution < 1.29 is 18.3 Å². The number of hydrogen-bond donors (Lipinski definition) is 1. The average Bonchev–Trinajstić information content (AvgIpc) is 2.37. The molecule has 4 nitrogen and oxygen atoms in total. The highest BCUT2D eigenvalue weighted by Crippen LogP contribution is 2.34. The lowest BCUT2D eigenvalue weighted by molar-refractivity contribution is 0.415. The number of phenols is 1. The van der Waals surface area contributed by atoms with Gasteiger partial charge in [-0.2, -0.15) is 0 Å². The van der Waals surface area contributed by atoms with Crippen molar-refractivity contribution in [3.05, 3.63) is 42.5 Å². The molecule has 0 amide bonds. The third-order valence-electron chi connectivity index (χ3n) is 2.61. The predicted molar refractivity (Wildman–Crippen MR) is 73.1 cm³/mol. The Balaban J connectivity index is 2.59. The molecular formula is C13H11ClO4S. The summed E-state index contributed by atoms with van der Waals surface area (Å²) >= 11 is 0. The van der Waals surface area contributed by atoms with Crippen LogP contribution in [0.3, 0.4) is 0 Å². The van der Waals surface area contributed by atoms with E-state index in [1.165, 1.54) is 19.2 Å². The fourth-order valence-electron chi connectivity index (χ4n) is 1.74. The fourth-order valence-corrected chi connectivity index (χ4v) is 2.50. The van der Waals surface area contributed by atoms with E-state index >= 15 is 0 Å². The number of ether oxygens (including phenoxy) is 1. The first kappa shape index (κ1) is 13.7. The van der Waals surface area contributed by atoms with E-state index in [0.29, 0.717) is 11.3 Å². The van der Waals surface area contributed by atoms with Gasteiger partial charge in [0, 0.05) is 22.3 Å². The van der Waals surface area contributed by atoms with Crippen LogP contribution >= 0.6 is 10.7 Å². The van der Waals surface area contributed by atoms with E-state index in [2.05, 4.69) is 0 Å². The standard InChI is InChI=1S/C13H11ClO4S/c1-18-13-8-11(19(14,16)17)5-6-12(13)9-3-2-4-10(15)7-9/h2-8,15H,1H3. The highest BCUT2D eigenvalue weighted by molar-refractivity contribution is 8.13. The molecule has 2 aromatic carbocycles. The molecule has 0 atom stereocenters. The van der Waals surface area contributed by atoms with Gasteiger partial charge in [0.15, 0.2) is 0 Å². The van der Waals surface area contributed by atoms with Gasteiger partial charge in [-0.1, -0.05) is 12.1 Å². The van der Waals surface area contributed by atoms with Crippen LogP contribution in [0.15, 0.2) is 47.4 Å². The van der Waals surface area contributed by atoms with Gasteiger partial charge in [0.1, 0.15) is 11.5 Å². The molecular weight excluding hydrogens is 288 g/mol.